The largest absolute Gasteiger partial charge is 0.454 e. The number of halogens is 1. The van der Waals surface area contributed by atoms with E-state index in [4.69, 9.17) is 4.74 Å². The lowest BCUT2D eigenvalue weighted by molar-refractivity contribution is -0.130. The van der Waals surface area contributed by atoms with Crippen LogP contribution in [0, 0.1) is 11.7 Å². The SMILES string of the molecule is CCNC(=O)C1=CC2C(c3cc(NSCC)ccc3Oc3ccc(CC)cc3F)=CN(C)C(=O)C2N1. The Morgan fingerprint density at radius 2 is 1.94 bits per heavy atom. The highest BCUT2D eigenvalue weighted by atomic mass is 32.2. The van der Waals surface area contributed by atoms with Crippen molar-refractivity contribution in [1.29, 1.82) is 0 Å². The molecule has 190 valence electrons. The van der Waals surface area contributed by atoms with Gasteiger partial charge in [-0.1, -0.05) is 31.9 Å². The summed E-state index contributed by atoms with van der Waals surface area (Å²) in [5.41, 5.74) is 3.59. The Morgan fingerprint density at radius 3 is 2.64 bits per heavy atom. The first-order chi connectivity index (χ1) is 17.4. The van der Waals surface area contributed by atoms with Crippen LogP contribution >= 0.6 is 11.9 Å². The van der Waals surface area contributed by atoms with Gasteiger partial charge in [-0.2, -0.15) is 0 Å². The number of nitrogens with zero attached hydrogens (tertiary/aromatic N) is 1. The van der Waals surface area contributed by atoms with Crippen LogP contribution < -0.4 is 20.1 Å². The number of likely N-dealkylation sites (N-methyl/N-ethyl adjacent to an activating group) is 2. The number of rotatable bonds is 9. The zero-order chi connectivity index (χ0) is 25.8. The van der Waals surface area contributed by atoms with Gasteiger partial charge < -0.3 is 25.0 Å². The molecule has 2 aromatic rings. The van der Waals surface area contributed by atoms with E-state index in [0.29, 0.717) is 23.6 Å². The predicted octanol–water partition coefficient (Wildman–Crippen LogP) is 4.68. The third-order valence-corrected chi connectivity index (χ3v) is 6.82. The van der Waals surface area contributed by atoms with Crippen LogP contribution in [0.5, 0.6) is 11.5 Å². The third kappa shape index (κ3) is 5.21. The summed E-state index contributed by atoms with van der Waals surface area (Å²) in [7, 11) is 1.68. The standard InChI is InChI=1S/C27H31FN4O3S/c1-5-16-8-10-24(21(28)12-16)35-23-11-9-17(31-36-7-3)13-18(23)20-15-32(4)27(34)25-19(20)14-22(30-25)26(33)29-6-2/h8-15,19,25,30-31H,5-7H2,1-4H3,(H,29,33). The summed E-state index contributed by atoms with van der Waals surface area (Å²) in [4.78, 5) is 27.0. The minimum Gasteiger partial charge on any atom is -0.454 e. The van der Waals surface area contributed by atoms with Crippen molar-refractivity contribution in [2.75, 3.05) is 24.1 Å². The maximum absolute atomic E-state index is 14.8. The Balaban J connectivity index is 1.78. The molecule has 0 aromatic heterocycles. The second kappa shape index (κ2) is 11.1. The highest BCUT2D eigenvalue weighted by Crippen LogP contribution is 2.42. The molecule has 2 amide bonds. The first kappa shape index (κ1) is 25.6. The van der Waals surface area contributed by atoms with E-state index in [-0.39, 0.29) is 17.6 Å². The number of anilines is 1. The Hall–Kier alpha value is -3.46. The maximum atomic E-state index is 14.8. The molecule has 7 nitrogen and oxygen atoms in total. The molecule has 2 aromatic carbocycles. The van der Waals surface area contributed by atoms with Gasteiger partial charge in [0.1, 0.15) is 11.8 Å². The fourth-order valence-electron chi connectivity index (χ4n) is 4.32. The highest BCUT2D eigenvalue weighted by molar-refractivity contribution is 8.00. The quantitative estimate of drug-likeness (QED) is 0.425. The van der Waals surface area contributed by atoms with Gasteiger partial charge in [-0.05, 0) is 60.9 Å². The molecule has 2 atom stereocenters. The molecular weight excluding hydrogens is 479 g/mol. The second-order valence-corrected chi connectivity index (χ2v) is 9.66. The zero-order valence-corrected chi connectivity index (χ0v) is 21.7. The summed E-state index contributed by atoms with van der Waals surface area (Å²) in [5, 5.41) is 5.87. The number of carbonyl (C=O) groups excluding carboxylic acids is 2. The van der Waals surface area contributed by atoms with Gasteiger partial charge in [0.25, 0.3) is 5.91 Å². The van der Waals surface area contributed by atoms with Gasteiger partial charge in [-0.15, -0.1) is 0 Å². The van der Waals surface area contributed by atoms with Gasteiger partial charge in [-0.3, -0.25) is 9.59 Å². The fraction of sp³-hybridized carbons (Fsp3) is 0.333. The second-order valence-electron chi connectivity index (χ2n) is 8.59. The number of fused-ring (bicyclic) bond motifs is 1. The summed E-state index contributed by atoms with van der Waals surface area (Å²) in [6.07, 6.45) is 4.27. The van der Waals surface area contributed by atoms with Crippen molar-refractivity contribution in [3.05, 3.63) is 71.3 Å². The number of hydrogen-bond donors (Lipinski definition) is 3. The molecule has 36 heavy (non-hydrogen) atoms. The van der Waals surface area contributed by atoms with E-state index in [1.54, 1.807) is 43.4 Å². The lowest BCUT2D eigenvalue weighted by atomic mass is 9.85. The van der Waals surface area contributed by atoms with Crippen molar-refractivity contribution in [2.24, 2.45) is 5.92 Å². The number of aryl methyl sites for hydroxylation is 1. The number of ether oxygens (including phenoxy) is 1. The topological polar surface area (TPSA) is 82.7 Å². The molecule has 0 spiro atoms. The molecule has 2 unspecified atom stereocenters. The Morgan fingerprint density at radius 1 is 1.17 bits per heavy atom. The summed E-state index contributed by atoms with van der Waals surface area (Å²) >= 11 is 1.55. The Kier molecular flexibility index (Phi) is 7.88. The third-order valence-electron chi connectivity index (χ3n) is 6.15. The molecule has 2 aliphatic rings. The smallest absolute Gasteiger partial charge is 0.267 e. The summed E-state index contributed by atoms with van der Waals surface area (Å²) in [6, 6.07) is 9.94. The van der Waals surface area contributed by atoms with E-state index in [2.05, 4.69) is 15.4 Å². The van der Waals surface area contributed by atoms with Crippen LogP contribution in [0.2, 0.25) is 0 Å². The van der Waals surface area contributed by atoms with Crippen LogP contribution in [0.3, 0.4) is 0 Å². The first-order valence-electron chi connectivity index (χ1n) is 12.1. The molecule has 3 N–H and O–H groups in total. The Labute approximate surface area is 215 Å². The van der Waals surface area contributed by atoms with E-state index >= 15 is 0 Å². The van der Waals surface area contributed by atoms with Gasteiger partial charge in [0.15, 0.2) is 11.6 Å². The monoisotopic (exact) mass is 510 g/mol. The number of carbonyl (C=O) groups is 2. The van der Waals surface area contributed by atoms with Crippen molar-refractivity contribution in [3.8, 4) is 11.5 Å². The van der Waals surface area contributed by atoms with Gasteiger partial charge in [0.2, 0.25) is 5.91 Å². The van der Waals surface area contributed by atoms with E-state index in [9.17, 15) is 14.0 Å². The summed E-state index contributed by atoms with van der Waals surface area (Å²) in [6.45, 7) is 6.33. The molecule has 0 fully saturated rings. The average molecular weight is 511 g/mol. The normalized spacial score (nSPS) is 18.7. The lowest BCUT2D eigenvalue weighted by Gasteiger charge is -2.32. The van der Waals surface area contributed by atoms with Crippen LogP contribution in [-0.4, -0.2) is 42.1 Å². The van der Waals surface area contributed by atoms with Crippen molar-refractivity contribution < 1.29 is 18.7 Å². The maximum Gasteiger partial charge on any atom is 0.267 e. The predicted molar refractivity (Wildman–Crippen MR) is 142 cm³/mol. The molecule has 0 bridgehead atoms. The summed E-state index contributed by atoms with van der Waals surface area (Å²) in [5.74, 6) is 0.221. The molecule has 0 saturated heterocycles. The van der Waals surface area contributed by atoms with Crippen LogP contribution in [0.1, 0.15) is 31.9 Å². The molecular formula is C27H31FN4O3S. The minimum absolute atomic E-state index is 0.123. The van der Waals surface area contributed by atoms with E-state index < -0.39 is 17.8 Å². The van der Waals surface area contributed by atoms with Gasteiger partial charge in [0.05, 0.1) is 5.70 Å². The molecule has 2 heterocycles. The van der Waals surface area contributed by atoms with Crippen molar-refractivity contribution in [1.82, 2.24) is 15.5 Å². The first-order valence-corrected chi connectivity index (χ1v) is 13.1. The minimum atomic E-state index is -0.623. The molecule has 2 aliphatic heterocycles. The van der Waals surface area contributed by atoms with Crippen LogP contribution in [-0.2, 0) is 16.0 Å². The Bertz CT molecular complexity index is 1230. The van der Waals surface area contributed by atoms with Crippen LogP contribution in [0.25, 0.3) is 5.57 Å². The van der Waals surface area contributed by atoms with E-state index in [1.165, 1.54) is 11.0 Å². The lowest BCUT2D eigenvalue weighted by Crippen LogP contribution is -2.48. The van der Waals surface area contributed by atoms with Crippen molar-refractivity contribution >= 4 is 35.0 Å². The number of nitrogens with one attached hydrogen (secondary N) is 3. The van der Waals surface area contributed by atoms with E-state index in [1.807, 2.05) is 39.0 Å². The number of amides is 2. The highest BCUT2D eigenvalue weighted by Gasteiger charge is 2.42. The van der Waals surface area contributed by atoms with Crippen molar-refractivity contribution in [2.45, 2.75) is 33.2 Å². The molecule has 9 heteroatoms. The summed E-state index contributed by atoms with van der Waals surface area (Å²) < 4.78 is 24.2. The number of benzene rings is 2. The van der Waals surface area contributed by atoms with Gasteiger partial charge in [0, 0.05) is 42.7 Å². The molecule has 4 rings (SSSR count). The molecule has 0 saturated carbocycles. The van der Waals surface area contributed by atoms with Crippen LogP contribution in [0.15, 0.2) is 54.4 Å². The van der Waals surface area contributed by atoms with Crippen molar-refractivity contribution in [3.63, 3.8) is 0 Å². The van der Waals surface area contributed by atoms with Crippen LogP contribution in [0.4, 0.5) is 10.1 Å². The molecule has 0 aliphatic carbocycles. The van der Waals surface area contributed by atoms with Gasteiger partial charge >= 0.3 is 0 Å². The average Bonchev–Trinajstić information content (AvgIpc) is 3.33. The molecule has 0 radical (unpaired) electrons. The van der Waals surface area contributed by atoms with E-state index in [0.717, 1.165) is 29.0 Å². The van der Waals surface area contributed by atoms with Gasteiger partial charge in [-0.25, -0.2) is 4.39 Å². The number of hydrogen-bond acceptors (Lipinski definition) is 6. The zero-order valence-electron chi connectivity index (χ0n) is 20.9. The fourth-order valence-corrected chi connectivity index (χ4v) is 4.76.